The Morgan fingerprint density at radius 2 is 1.53 bits per heavy atom. The van der Waals surface area contributed by atoms with Crippen LogP contribution in [0, 0.1) is 11.8 Å². The lowest BCUT2D eigenvalue weighted by molar-refractivity contribution is -0.274. The molecule has 1 amide bonds. The maximum absolute atomic E-state index is 13.6. The van der Waals surface area contributed by atoms with Crippen molar-refractivity contribution in [1.29, 1.82) is 0 Å². The summed E-state index contributed by atoms with van der Waals surface area (Å²) in [5.41, 5.74) is 2.64. The van der Waals surface area contributed by atoms with E-state index in [4.69, 9.17) is 5.73 Å². The molecule has 18 heteroatoms. The summed E-state index contributed by atoms with van der Waals surface area (Å²) in [4.78, 5) is 15.7. The number of halogens is 9. The quantitative estimate of drug-likeness (QED) is 0.232. The van der Waals surface area contributed by atoms with Crippen LogP contribution in [0.2, 0.25) is 0 Å². The Hall–Kier alpha value is -4.25. The van der Waals surface area contributed by atoms with Gasteiger partial charge in [0.05, 0.1) is 18.2 Å². The SMILES string of the molecule is CCN(C[C@H]1CC[C@H](C(N)=O)CC1)c1ccc(OC(F)(F)F)cc1CN(Cc1cc(C(F)(F)F)cc(C(F)(F)F)c1)c1nnn(C)n1. The molecule has 4 rings (SSSR count). The molecular weight excluding hydrogens is 649 g/mol. The molecule has 2 aromatic carbocycles. The zero-order valence-corrected chi connectivity index (χ0v) is 25.3. The molecule has 1 aliphatic rings. The molecule has 9 nitrogen and oxygen atoms in total. The van der Waals surface area contributed by atoms with Gasteiger partial charge in [0.15, 0.2) is 0 Å². The van der Waals surface area contributed by atoms with Crippen LogP contribution in [0.5, 0.6) is 5.75 Å². The minimum atomic E-state index is -5.10. The van der Waals surface area contributed by atoms with E-state index in [1.54, 1.807) is 0 Å². The number of alkyl halides is 9. The molecule has 0 aliphatic heterocycles. The number of ether oxygens (including phenoxy) is 1. The monoisotopic (exact) mass is 681 g/mol. The molecule has 0 spiro atoms. The molecule has 0 bridgehead atoms. The third kappa shape index (κ3) is 9.63. The topological polar surface area (TPSA) is 102 Å². The van der Waals surface area contributed by atoms with Crippen LogP contribution in [-0.2, 0) is 37.3 Å². The maximum Gasteiger partial charge on any atom is 0.573 e. The van der Waals surface area contributed by atoms with E-state index in [1.165, 1.54) is 18.0 Å². The van der Waals surface area contributed by atoms with Crippen LogP contribution in [0.1, 0.15) is 54.9 Å². The summed E-state index contributed by atoms with van der Waals surface area (Å²) >= 11 is 0. The van der Waals surface area contributed by atoms with Crippen molar-refractivity contribution in [3.63, 3.8) is 0 Å². The number of nitrogens with two attached hydrogens (primary N) is 1. The molecule has 1 saturated carbocycles. The first-order chi connectivity index (χ1) is 21.8. The van der Waals surface area contributed by atoms with Crippen LogP contribution in [-0.4, -0.2) is 45.6 Å². The Bertz CT molecular complexity index is 1500. The predicted molar refractivity (Wildman–Crippen MR) is 151 cm³/mol. The second kappa shape index (κ2) is 13.9. The summed E-state index contributed by atoms with van der Waals surface area (Å²) in [6.45, 7) is 1.74. The molecule has 0 saturated heterocycles. The Morgan fingerprint density at radius 3 is 2.02 bits per heavy atom. The zero-order valence-electron chi connectivity index (χ0n) is 25.3. The summed E-state index contributed by atoms with van der Waals surface area (Å²) in [6.07, 6.45) is -12.7. The van der Waals surface area contributed by atoms with Gasteiger partial charge in [-0.25, -0.2) is 0 Å². The van der Waals surface area contributed by atoms with Crippen molar-refractivity contribution in [2.75, 3.05) is 22.9 Å². The molecule has 0 unspecified atom stereocenters. The molecule has 1 aromatic heterocycles. The van der Waals surface area contributed by atoms with Crippen LogP contribution >= 0.6 is 0 Å². The summed E-state index contributed by atoms with van der Waals surface area (Å²) in [5.74, 6) is -1.27. The van der Waals surface area contributed by atoms with Gasteiger partial charge in [-0.3, -0.25) is 4.79 Å². The van der Waals surface area contributed by atoms with Crippen LogP contribution < -0.4 is 20.3 Å². The highest BCUT2D eigenvalue weighted by molar-refractivity contribution is 5.76. The van der Waals surface area contributed by atoms with E-state index >= 15 is 0 Å². The summed E-state index contributed by atoms with van der Waals surface area (Å²) in [6, 6.07) is 4.75. The van der Waals surface area contributed by atoms with Crippen molar-refractivity contribution >= 4 is 17.5 Å². The van der Waals surface area contributed by atoms with Crippen molar-refractivity contribution in [1.82, 2.24) is 20.2 Å². The number of hydrogen-bond acceptors (Lipinski definition) is 7. The lowest BCUT2D eigenvalue weighted by Crippen LogP contribution is -2.35. The first-order valence-corrected chi connectivity index (χ1v) is 14.5. The summed E-state index contributed by atoms with van der Waals surface area (Å²) < 4.78 is 125. The van der Waals surface area contributed by atoms with Gasteiger partial charge in [-0.1, -0.05) is 5.10 Å². The number of primary amides is 1. The average molecular weight is 682 g/mol. The predicted octanol–water partition coefficient (Wildman–Crippen LogP) is 6.47. The number of tetrazole rings is 1. The molecular formula is C29H32F9N7O2. The van der Waals surface area contributed by atoms with Crippen molar-refractivity contribution in [2.45, 2.75) is 64.4 Å². The van der Waals surface area contributed by atoms with Gasteiger partial charge in [-0.2, -0.15) is 31.1 Å². The highest BCUT2D eigenvalue weighted by Gasteiger charge is 2.37. The first kappa shape index (κ1) is 35.6. The molecule has 1 fully saturated rings. The molecule has 3 aromatic rings. The number of hydrogen-bond donors (Lipinski definition) is 1. The summed E-state index contributed by atoms with van der Waals surface area (Å²) in [5, 5.41) is 11.6. The minimum absolute atomic E-state index is 0.000494. The number of aromatic nitrogens is 4. The van der Waals surface area contributed by atoms with Gasteiger partial charge in [0.2, 0.25) is 5.91 Å². The number of carbonyl (C=O) groups excluding carboxylic acids is 1. The van der Waals surface area contributed by atoms with E-state index in [2.05, 4.69) is 20.1 Å². The van der Waals surface area contributed by atoms with Crippen LogP contribution in [0.3, 0.4) is 0 Å². The zero-order chi connectivity index (χ0) is 34.7. The first-order valence-electron chi connectivity index (χ1n) is 14.5. The molecule has 47 heavy (non-hydrogen) atoms. The number of nitrogens with zero attached hydrogens (tertiary/aromatic N) is 6. The van der Waals surface area contributed by atoms with Gasteiger partial charge in [-0.15, -0.1) is 18.3 Å². The van der Waals surface area contributed by atoms with Gasteiger partial charge in [-0.05, 0) is 91.3 Å². The van der Waals surface area contributed by atoms with Crippen LogP contribution in [0.15, 0.2) is 36.4 Å². The van der Waals surface area contributed by atoms with Gasteiger partial charge in [0, 0.05) is 37.8 Å². The Labute approximate surface area is 263 Å². The van der Waals surface area contributed by atoms with E-state index in [9.17, 15) is 44.3 Å². The van der Waals surface area contributed by atoms with Gasteiger partial charge >= 0.3 is 18.7 Å². The molecule has 2 N–H and O–H groups in total. The molecule has 1 heterocycles. The van der Waals surface area contributed by atoms with E-state index in [1.807, 2.05) is 11.8 Å². The molecule has 1 aliphatic carbocycles. The lowest BCUT2D eigenvalue weighted by Gasteiger charge is -2.34. The normalized spacial score (nSPS) is 17.4. The van der Waals surface area contributed by atoms with Crippen molar-refractivity contribution in [3.8, 4) is 5.75 Å². The van der Waals surface area contributed by atoms with Gasteiger partial charge < -0.3 is 20.3 Å². The number of benzene rings is 2. The second-order valence-electron chi connectivity index (χ2n) is 11.3. The lowest BCUT2D eigenvalue weighted by atomic mass is 9.81. The average Bonchev–Trinajstić information content (AvgIpc) is 3.40. The molecule has 0 radical (unpaired) electrons. The standard InChI is InChI=1S/C29H32F9N7O2/c1-3-44(14-17-4-6-19(7-5-17)25(39)46)24-9-8-23(47-29(36,37)38)12-20(24)16-45(26-40-42-43(2)41-26)15-18-10-21(27(30,31)32)13-22(11-18)28(33,34)35/h8-13,17,19H,3-7,14-16H2,1-2H3,(H2,39,46)/t17-,19-. The van der Waals surface area contributed by atoms with E-state index in [0.29, 0.717) is 56.6 Å². The van der Waals surface area contributed by atoms with E-state index in [-0.39, 0.29) is 41.9 Å². The molecule has 0 atom stereocenters. The number of amides is 1. The van der Waals surface area contributed by atoms with Crippen molar-refractivity contribution in [2.24, 2.45) is 24.6 Å². The van der Waals surface area contributed by atoms with Gasteiger partial charge in [0.1, 0.15) is 5.75 Å². The summed E-state index contributed by atoms with van der Waals surface area (Å²) in [7, 11) is 1.38. The fourth-order valence-electron chi connectivity index (χ4n) is 5.67. The van der Waals surface area contributed by atoms with Crippen molar-refractivity contribution in [3.05, 3.63) is 58.7 Å². The number of aryl methyl sites for hydroxylation is 1. The van der Waals surface area contributed by atoms with E-state index in [0.717, 1.165) is 16.9 Å². The fraction of sp³-hybridized carbons (Fsp3) is 0.517. The Balaban J connectivity index is 1.74. The maximum atomic E-state index is 13.6. The number of rotatable bonds is 11. The minimum Gasteiger partial charge on any atom is -0.406 e. The van der Waals surface area contributed by atoms with Crippen molar-refractivity contribution < 1.29 is 49.0 Å². The number of carbonyl (C=O) groups is 1. The fourth-order valence-corrected chi connectivity index (χ4v) is 5.67. The third-order valence-electron chi connectivity index (χ3n) is 7.90. The second-order valence-corrected chi connectivity index (χ2v) is 11.3. The largest absolute Gasteiger partial charge is 0.573 e. The Morgan fingerprint density at radius 1 is 0.915 bits per heavy atom. The molecule has 258 valence electrons. The van der Waals surface area contributed by atoms with E-state index < -0.39 is 47.7 Å². The third-order valence-corrected chi connectivity index (χ3v) is 7.90. The highest BCUT2D eigenvalue weighted by atomic mass is 19.4. The van der Waals surface area contributed by atoms with Crippen LogP contribution in [0.25, 0.3) is 0 Å². The highest BCUT2D eigenvalue weighted by Crippen LogP contribution is 2.38. The van der Waals surface area contributed by atoms with Gasteiger partial charge in [0.25, 0.3) is 5.95 Å². The smallest absolute Gasteiger partial charge is 0.406 e. The van der Waals surface area contributed by atoms with Crippen LogP contribution in [0.4, 0.5) is 51.1 Å². The Kier molecular flexibility index (Phi) is 10.5. The number of anilines is 2.